The number of benzene rings is 1. The summed E-state index contributed by atoms with van der Waals surface area (Å²) in [5, 5.41) is 11.2. The van der Waals surface area contributed by atoms with Gasteiger partial charge in [0.25, 0.3) is 0 Å². The van der Waals surface area contributed by atoms with Gasteiger partial charge in [-0.1, -0.05) is 57.2 Å². The Bertz CT molecular complexity index is 1060. The maximum atomic E-state index is 14.1. The van der Waals surface area contributed by atoms with E-state index in [1.165, 1.54) is 6.08 Å². The zero-order valence-electron chi connectivity index (χ0n) is 20.8. The fourth-order valence-electron chi connectivity index (χ4n) is 6.83. The van der Waals surface area contributed by atoms with Crippen LogP contribution in [-0.2, 0) is 19.1 Å². The Hall–Kier alpha value is -2.24. The molecule has 0 amide bonds. The molecule has 3 aliphatic carbocycles. The van der Waals surface area contributed by atoms with Crippen molar-refractivity contribution < 1.29 is 24.2 Å². The normalized spacial score (nSPS) is 44.2. The van der Waals surface area contributed by atoms with Crippen molar-refractivity contribution in [3.63, 3.8) is 0 Å². The van der Waals surface area contributed by atoms with Crippen molar-refractivity contribution in [1.82, 2.24) is 0 Å². The fraction of sp³-hybridized carbons (Fsp3) is 0.586. The molecular formula is C29H36O5. The van der Waals surface area contributed by atoms with Crippen LogP contribution in [0.4, 0.5) is 0 Å². The van der Waals surface area contributed by atoms with E-state index in [2.05, 4.69) is 26.8 Å². The van der Waals surface area contributed by atoms with E-state index in [-0.39, 0.29) is 23.2 Å². The van der Waals surface area contributed by atoms with Crippen molar-refractivity contribution in [2.24, 2.45) is 29.1 Å². The summed E-state index contributed by atoms with van der Waals surface area (Å²) in [6.07, 6.45) is 6.26. The smallest absolute Gasteiger partial charge is 0.331 e. The van der Waals surface area contributed by atoms with E-state index in [1.54, 1.807) is 6.08 Å². The van der Waals surface area contributed by atoms with Crippen LogP contribution in [0.25, 0.3) is 6.08 Å². The molecule has 8 atom stereocenters. The average Bonchev–Trinajstić information content (AvgIpc) is 3.57. The number of fused-ring (bicyclic) bond motifs is 4. The Balaban J connectivity index is 1.53. The van der Waals surface area contributed by atoms with Crippen LogP contribution >= 0.6 is 0 Å². The molecule has 0 spiro atoms. The van der Waals surface area contributed by atoms with E-state index in [9.17, 15) is 14.7 Å². The van der Waals surface area contributed by atoms with Crippen LogP contribution in [-0.4, -0.2) is 40.3 Å². The average molecular weight is 465 g/mol. The Morgan fingerprint density at radius 3 is 2.62 bits per heavy atom. The number of allylic oxidation sites excluding steroid dienone is 1. The van der Waals surface area contributed by atoms with Crippen molar-refractivity contribution >= 4 is 17.8 Å². The molecule has 3 fully saturated rings. The lowest BCUT2D eigenvalue weighted by molar-refractivity contribution is -0.168. The van der Waals surface area contributed by atoms with Crippen molar-refractivity contribution in [2.75, 3.05) is 0 Å². The van der Waals surface area contributed by atoms with Gasteiger partial charge in [-0.2, -0.15) is 0 Å². The van der Waals surface area contributed by atoms with E-state index in [0.29, 0.717) is 23.8 Å². The third kappa shape index (κ3) is 3.68. The second-order valence-corrected chi connectivity index (χ2v) is 11.8. The molecule has 1 heterocycles. The number of carbonyl (C=O) groups excluding carboxylic acids is 2. The number of esters is 1. The molecule has 4 aliphatic rings. The molecular weight excluding hydrogens is 428 g/mol. The zero-order valence-corrected chi connectivity index (χ0v) is 20.8. The molecule has 0 bridgehead atoms. The van der Waals surface area contributed by atoms with E-state index >= 15 is 0 Å². The Morgan fingerprint density at radius 2 is 1.91 bits per heavy atom. The number of carbonyl (C=O) groups is 2. The summed E-state index contributed by atoms with van der Waals surface area (Å²) in [5.41, 5.74) is -0.200. The molecule has 5 heteroatoms. The SMILES string of the molecule is C/C1=C/[C@@H]2[C@H](CC[C@@]3(C)O[C@@H]3C3[C@@H](O)[C@@H](C)C[C@]3(OC(=O)/C=C/c3ccccc3)C1=O)C2(C)C. The molecule has 0 aromatic heterocycles. The van der Waals surface area contributed by atoms with Gasteiger partial charge in [0.2, 0.25) is 5.78 Å². The van der Waals surface area contributed by atoms with Gasteiger partial charge in [-0.25, -0.2) is 4.79 Å². The molecule has 182 valence electrons. The molecule has 34 heavy (non-hydrogen) atoms. The number of Topliss-reactive ketones (excluding diaryl/α,β-unsaturated/α-hetero) is 1. The number of ether oxygens (including phenoxy) is 2. The van der Waals surface area contributed by atoms with Crippen molar-refractivity contribution in [3.8, 4) is 0 Å². The Morgan fingerprint density at radius 1 is 1.21 bits per heavy atom. The molecule has 5 nitrogen and oxygen atoms in total. The predicted octanol–water partition coefficient (Wildman–Crippen LogP) is 4.74. The number of epoxide rings is 1. The molecule has 5 rings (SSSR count). The standard InChI is InChI=1S/C29H36O5/c1-17-15-21-20(27(21,3)4)13-14-28(5)26(34-28)23-24(31)18(2)16-29(23,25(17)32)33-22(30)12-11-19-9-7-6-8-10-19/h6-12,15,18,20-21,23-24,26,31H,13-14,16H2,1-5H3/b12-11+,17-15-/t18-,20-,21+,23?,24-,26+,28+,29+/m0/s1. The predicted molar refractivity (Wildman–Crippen MR) is 130 cm³/mol. The van der Waals surface area contributed by atoms with Gasteiger partial charge in [-0.05, 0) is 67.1 Å². The fourth-order valence-corrected chi connectivity index (χ4v) is 6.83. The number of hydrogen-bond acceptors (Lipinski definition) is 5. The number of aliphatic hydroxyl groups excluding tert-OH is 1. The first-order chi connectivity index (χ1) is 16.0. The molecule has 1 aliphatic heterocycles. The lowest BCUT2D eigenvalue weighted by Gasteiger charge is -2.34. The summed E-state index contributed by atoms with van der Waals surface area (Å²) in [6, 6.07) is 9.50. The number of hydrogen-bond donors (Lipinski definition) is 1. The highest BCUT2D eigenvalue weighted by Crippen LogP contribution is 2.64. The topological polar surface area (TPSA) is 76.1 Å². The van der Waals surface area contributed by atoms with Gasteiger partial charge in [-0.15, -0.1) is 0 Å². The van der Waals surface area contributed by atoms with Crippen LogP contribution in [0.1, 0.15) is 59.4 Å². The third-order valence-electron chi connectivity index (χ3n) is 9.14. The quantitative estimate of drug-likeness (QED) is 0.397. The third-order valence-corrected chi connectivity index (χ3v) is 9.14. The summed E-state index contributed by atoms with van der Waals surface area (Å²) in [7, 11) is 0. The first-order valence-electron chi connectivity index (χ1n) is 12.5. The summed E-state index contributed by atoms with van der Waals surface area (Å²) in [4.78, 5) is 27.2. The van der Waals surface area contributed by atoms with Crippen molar-refractivity contribution in [1.29, 1.82) is 0 Å². The zero-order chi connectivity index (χ0) is 24.5. The van der Waals surface area contributed by atoms with Crippen LogP contribution in [0.5, 0.6) is 0 Å². The van der Waals surface area contributed by atoms with Gasteiger partial charge in [0.15, 0.2) is 5.60 Å². The second kappa shape index (κ2) is 7.89. The lowest BCUT2D eigenvalue weighted by atomic mass is 9.77. The summed E-state index contributed by atoms with van der Waals surface area (Å²) in [6.45, 7) is 10.3. The number of ketones is 1. The van der Waals surface area contributed by atoms with Crippen LogP contribution < -0.4 is 0 Å². The molecule has 0 radical (unpaired) electrons. The minimum Gasteiger partial charge on any atom is -0.447 e. The van der Waals surface area contributed by atoms with Crippen molar-refractivity contribution in [3.05, 3.63) is 53.6 Å². The maximum Gasteiger partial charge on any atom is 0.331 e. The van der Waals surface area contributed by atoms with Crippen LogP contribution in [0.2, 0.25) is 0 Å². The molecule has 1 N–H and O–H groups in total. The van der Waals surface area contributed by atoms with Gasteiger partial charge in [-0.3, -0.25) is 4.79 Å². The van der Waals surface area contributed by atoms with Gasteiger partial charge >= 0.3 is 5.97 Å². The minimum absolute atomic E-state index is 0.144. The number of rotatable bonds is 3. The van der Waals surface area contributed by atoms with E-state index < -0.39 is 29.2 Å². The monoisotopic (exact) mass is 464 g/mol. The van der Waals surface area contributed by atoms with E-state index in [1.807, 2.05) is 44.2 Å². The molecule has 1 aromatic carbocycles. The van der Waals surface area contributed by atoms with Crippen molar-refractivity contribution in [2.45, 2.75) is 77.3 Å². The minimum atomic E-state index is -1.43. The first-order valence-corrected chi connectivity index (χ1v) is 12.5. The maximum absolute atomic E-state index is 14.1. The van der Waals surface area contributed by atoms with Crippen LogP contribution in [0.15, 0.2) is 48.1 Å². The molecule has 1 saturated heterocycles. The highest BCUT2D eigenvalue weighted by molar-refractivity contribution is 6.04. The van der Waals surface area contributed by atoms with Gasteiger partial charge in [0.1, 0.15) is 0 Å². The summed E-state index contributed by atoms with van der Waals surface area (Å²) in [5.74, 6) is -0.704. The highest BCUT2D eigenvalue weighted by Gasteiger charge is 2.71. The van der Waals surface area contributed by atoms with Gasteiger partial charge in [0, 0.05) is 12.5 Å². The Kier molecular flexibility index (Phi) is 5.45. The largest absolute Gasteiger partial charge is 0.447 e. The highest BCUT2D eigenvalue weighted by atomic mass is 16.6. The molecule has 1 aromatic rings. The molecule has 2 saturated carbocycles. The van der Waals surface area contributed by atoms with Gasteiger partial charge < -0.3 is 14.6 Å². The summed E-state index contributed by atoms with van der Waals surface area (Å²) >= 11 is 0. The summed E-state index contributed by atoms with van der Waals surface area (Å²) < 4.78 is 12.3. The number of aliphatic hydroxyl groups is 1. The second-order valence-electron chi connectivity index (χ2n) is 11.8. The first kappa shape index (κ1) is 23.5. The van der Waals surface area contributed by atoms with Crippen LogP contribution in [0.3, 0.4) is 0 Å². The molecule has 1 unspecified atom stereocenters. The van der Waals surface area contributed by atoms with E-state index in [0.717, 1.165) is 18.4 Å². The Labute approximate surface area is 202 Å². The van der Waals surface area contributed by atoms with Gasteiger partial charge in [0.05, 0.1) is 23.7 Å². The van der Waals surface area contributed by atoms with Crippen LogP contribution in [0, 0.1) is 29.1 Å². The lowest BCUT2D eigenvalue weighted by Crippen LogP contribution is -2.52. The van der Waals surface area contributed by atoms with E-state index in [4.69, 9.17) is 9.47 Å².